The smallest absolute Gasteiger partial charge is 0.256 e. The molecule has 65 heavy (non-hydrogen) atoms. The number of anilines is 6. The van der Waals surface area contributed by atoms with E-state index in [9.17, 15) is 0 Å². The fourth-order valence-corrected chi connectivity index (χ4v) is 11.1. The Balaban J connectivity index is 0.958. The maximum Gasteiger partial charge on any atom is 0.256 e. The van der Waals surface area contributed by atoms with Crippen molar-refractivity contribution in [2.45, 2.75) is 19.3 Å². The highest BCUT2D eigenvalue weighted by Gasteiger charge is 2.45. The Morgan fingerprint density at radius 2 is 1.08 bits per heavy atom. The first-order chi connectivity index (χ1) is 32.0. The lowest BCUT2D eigenvalue weighted by atomic mass is 9.34. The van der Waals surface area contributed by atoms with Gasteiger partial charge in [-0.15, -0.1) is 0 Å². The molecule has 3 aliphatic rings. The molecule has 13 rings (SSSR count). The molecule has 10 aromatic rings. The Morgan fingerprint density at radius 3 is 1.77 bits per heavy atom. The van der Waals surface area contributed by atoms with Gasteiger partial charge in [0.25, 0.3) is 6.71 Å². The van der Waals surface area contributed by atoms with E-state index in [2.05, 4.69) is 248 Å². The van der Waals surface area contributed by atoms with Crippen molar-refractivity contribution in [2.24, 2.45) is 0 Å². The van der Waals surface area contributed by atoms with Crippen molar-refractivity contribution in [1.82, 2.24) is 0 Å². The van der Waals surface area contributed by atoms with E-state index in [0.717, 1.165) is 39.9 Å². The fourth-order valence-electron chi connectivity index (χ4n) is 11.1. The first-order valence-electron chi connectivity index (χ1n) is 22.6. The van der Waals surface area contributed by atoms with Crippen molar-refractivity contribution in [3.63, 3.8) is 0 Å². The average molecular weight is 831 g/mol. The van der Waals surface area contributed by atoms with Crippen LogP contribution < -0.4 is 30.9 Å². The van der Waals surface area contributed by atoms with Crippen LogP contribution in [0.25, 0.3) is 44.2 Å². The molecule has 3 nitrogen and oxygen atoms in total. The van der Waals surface area contributed by atoms with Gasteiger partial charge < -0.3 is 14.5 Å². The summed E-state index contributed by atoms with van der Waals surface area (Å²) in [5.74, 6) is 1.84. The molecule has 0 saturated heterocycles. The second kappa shape index (κ2) is 14.5. The second-order valence-corrected chi connectivity index (χ2v) is 18.1. The third-order valence-corrected chi connectivity index (χ3v) is 14.1. The highest BCUT2D eigenvalue weighted by Crippen LogP contribution is 2.53. The third-order valence-electron chi connectivity index (χ3n) is 14.1. The SMILES string of the molecule is CC1(C)c2cc3c(cc2-c2ccc4cc(N(c5ccccc5)c5ccccc5)ccc4c21)Oc1cccc2c1B3c1cc(-c3ccccc3)ccc1N2c1ccc(-c2ccccc2)cc1. The molecule has 0 unspecified atom stereocenters. The molecule has 2 heterocycles. The van der Waals surface area contributed by atoms with Crippen LogP contribution in [0.4, 0.5) is 34.1 Å². The molecule has 0 aromatic heterocycles. The predicted octanol–water partition coefficient (Wildman–Crippen LogP) is 14.4. The minimum atomic E-state index is -0.269. The Bertz CT molecular complexity index is 3440. The molecule has 4 heteroatoms. The zero-order valence-corrected chi connectivity index (χ0v) is 36.2. The predicted molar refractivity (Wildman–Crippen MR) is 273 cm³/mol. The zero-order valence-electron chi connectivity index (χ0n) is 36.2. The van der Waals surface area contributed by atoms with Gasteiger partial charge in [0.2, 0.25) is 0 Å². The van der Waals surface area contributed by atoms with Crippen molar-refractivity contribution in [2.75, 3.05) is 9.80 Å². The van der Waals surface area contributed by atoms with E-state index in [4.69, 9.17) is 4.74 Å². The summed E-state index contributed by atoms with van der Waals surface area (Å²) >= 11 is 0. The van der Waals surface area contributed by atoms with Gasteiger partial charge in [-0.2, -0.15) is 0 Å². The van der Waals surface area contributed by atoms with Crippen LogP contribution in [-0.4, -0.2) is 6.71 Å². The molecule has 0 fully saturated rings. The summed E-state index contributed by atoms with van der Waals surface area (Å²) in [4.78, 5) is 4.78. The number of ether oxygens (including phenoxy) is 1. The number of rotatable bonds is 6. The van der Waals surface area contributed by atoms with E-state index in [1.165, 1.54) is 77.4 Å². The van der Waals surface area contributed by atoms with Crippen LogP contribution in [0.5, 0.6) is 11.5 Å². The van der Waals surface area contributed by atoms with E-state index in [1.807, 2.05) is 0 Å². The van der Waals surface area contributed by atoms with Crippen LogP contribution in [0.1, 0.15) is 25.0 Å². The molecular formula is C61H43BN2O. The van der Waals surface area contributed by atoms with E-state index in [1.54, 1.807) is 0 Å². The van der Waals surface area contributed by atoms with Gasteiger partial charge in [-0.25, -0.2) is 0 Å². The number of para-hydroxylation sites is 2. The van der Waals surface area contributed by atoms with Crippen LogP contribution in [0.2, 0.25) is 0 Å². The quantitative estimate of drug-likeness (QED) is 0.155. The van der Waals surface area contributed by atoms with Gasteiger partial charge >= 0.3 is 0 Å². The minimum absolute atomic E-state index is 0.0328. The van der Waals surface area contributed by atoms with Crippen LogP contribution in [-0.2, 0) is 5.41 Å². The maximum atomic E-state index is 7.11. The van der Waals surface area contributed by atoms with Crippen LogP contribution in [0.15, 0.2) is 224 Å². The highest BCUT2D eigenvalue weighted by atomic mass is 16.5. The lowest BCUT2D eigenvalue weighted by Crippen LogP contribution is -2.59. The highest BCUT2D eigenvalue weighted by molar-refractivity contribution is 6.99. The minimum Gasteiger partial charge on any atom is -0.458 e. The van der Waals surface area contributed by atoms with Gasteiger partial charge in [-0.3, -0.25) is 0 Å². The van der Waals surface area contributed by atoms with Gasteiger partial charge in [0.05, 0.1) is 0 Å². The second-order valence-electron chi connectivity index (χ2n) is 18.1. The summed E-state index contributed by atoms with van der Waals surface area (Å²) in [6.07, 6.45) is 0. The van der Waals surface area contributed by atoms with E-state index >= 15 is 0 Å². The molecule has 2 aliphatic heterocycles. The summed E-state index contributed by atoms with van der Waals surface area (Å²) in [7, 11) is 0. The normalized spacial score (nSPS) is 13.6. The molecular weight excluding hydrogens is 787 g/mol. The summed E-state index contributed by atoms with van der Waals surface area (Å²) in [6.45, 7) is 4.78. The molecule has 0 atom stereocenters. The Labute approximate surface area is 380 Å². The first kappa shape index (κ1) is 37.5. The largest absolute Gasteiger partial charge is 0.458 e. The molecule has 0 radical (unpaired) electrons. The standard InChI is InChI=1S/C61H43BN2O/c1-61(2)52-39-54-58(38-51(52)50-33-28-44-36-48(32-34-49(44)59(50)61)63(45-20-11-5-12-21-45)46-22-13-6-14-23-46)65-57-25-15-24-56-60(57)62(54)53-37-43(41-18-9-4-10-19-41)29-35-55(53)64(56)47-30-26-42(27-31-47)40-16-7-3-8-17-40/h3-39H,1-2H3. The molecule has 0 saturated carbocycles. The zero-order chi connectivity index (χ0) is 43.2. The lowest BCUT2D eigenvalue weighted by molar-refractivity contribution is 0.487. The van der Waals surface area contributed by atoms with Gasteiger partial charge in [0.1, 0.15) is 11.5 Å². The Hall–Kier alpha value is -8.08. The van der Waals surface area contributed by atoms with E-state index in [-0.39, 0.29) is 12.1 Å². The fraction of sp³-hybridized carbons (Fsp3) is 0.0492. The topological polar surface area (TPSA) is 15.7 Å². The van der Waals surface area contributed by atoms with E-state index in [0.29, 0.717) is 0 Å². The maximum absolute atomic E-state index is 7.11. The van der Waals surface area contributed by atoms with Crippen molar-refractivity contribution in [1.29, 1.82) is 0 Å². The van der Waals surface area contributed by atoms with Gasteiger partial charge in [-0.05, 0) is 144 Å². The lowest BCUT2D eigenvalue weighted by Gasteiger charge is -2.40. The van der Waals surface area contributed by atoms with Gasteiger partial charge in [0.15, 0.2) is 0 Å². The van der Waals surface area contributed by atoms with Gasteiger partial charge in [0, 0.05) is 39.5 Å². The number of benzene rings is 10. The molecule has 0 N–H and O–H groups in total. The monoisotopic (exact) mass is 830 g/mol. The van der Waals surface area contributed by atoms with Crippen LogP contribution in [0.3, 0.4) is 0 Å². The number of nitrogens with zero attached hydrogens (tertiary/aromatic N) is 2. The first-order valence-corrected chi connectivity index (χ1v) is 22.6. The number of hydrogen-bond acceptors (Lipinski definition) is 3. The average Bonchev–Trinajstić information content (AvgIpc) is 3.59. The molecule has 0 amide bonds. The summed E-state index contributed by atoms with van der Waals surface area (Å²) in [5, 5.41) is 2.51. The molecule has 1 aliphatic carbocycles. The van der Waals surface area contributed by atoms with Crippen molar-refractivity contribution in [3.05, 3.63) is 236 Å². The number of hydrogen-bond donors (Lipinski definition) is 0. The van der Waals surface area contributed by atoms with E-state index < -0.39 is 0 Å². The summed E-state index contributed by atoms with van der Waals surface area (Å²) in [6, 6.07) is 81.8. The Morgan fingerprint density at radius 1 is 0.446 bits per heavy atom. The summed E-state index contributed by atoms with van der Waals surface area (Å²) < 4.78 is 7.11. The third kappa shape index (κ3) is 5.84. The van der Waals surface area contributed by atoms with Crippen molar-refractivity contribution >= 4 is 68.0 Å². The number of fused-ring (bicyclic) bond motifs is 9. The van der Waals surface area contributed by atoms with Gasteiger partial charge in [-0.1, -0.05) is 166 Å². The molecule has 10 aromatic carbocycles. The molecule has 0 spiro atoms. The summed E-state index contributed by atoms with van der Waals surface area (Å²) in [5.41, 5.74) is 20.3. The van der Waals surface area contributed by atoms with Crippen LogP contribution in [0, 0.1) is 0 Å². The van der Waals surface area contributed by atoms with Crippen molar-refractivity contribution in [3.8, 4) is 44.9 Å². The van der Waals surface area contributed by atoms with Crippen LogP contribution >= 0.6 is 0 Å². The molecule has 306 valence electrons. The Kier molecular flexibility index (Phi) is 8.35. The van der Waals surface area contributed by atoms with Crippen molar-refractivity contribution < 1.29 is 4.74 Å². The molecule has 0 bridgehead atoms.